The number of benzene rings is 1. The van der Waals surface area contributed by atoms with E-state index in [9.17, 15) is 0 Å². The molecule has 3 N–H and O–H groups in total. The van der Waals surface area contributed by atoms with E-state index in [1.54, 1.807) is 18.3 Å². The summed E-state index contributed by atoms with van der Waals surface area (Å²) in [4.78, 5) is 8.74. The molecule has 2 aromatic heterocycles. The first-order valence-corrected chi connectivity index (χ1v) is 6.65. The quantitative estimate of drug-likeness (QED) is 0.715. The van der Waals surface area contributed by atoms with Crippen molar-refractivity contribution in [3.05, 3.63) is 18.5 Å². The summed E-state index contributed by atoms with van der Waals surface area (Å²) < 4.78 is 6.33. The van der Waals surface area contributed by atoms with Gasteiger partial charge in [-0.05, 0) is 19.1 Å². The van der Waals surface area contributed by atoms with Crippen LogP contribution in [0.3, 0.4) is 0 Å². The second kappa shape index (κ2) is 4.88. The Labute approximate surface area is 113 Å². The molecular weight excluding hydrogens is 260 g/mol. The summed E-state index contributed by atoms with van der Waals surface area (Å²) in [5.74, 6) is 5.86. The van der Waals surface area contributed by atoms with Gasteiger partial charge in [0.2, 0.25) is 0 Å². The first-order chi connectivity index (χ1) is 9.31. The van der Waals surface area contributed by atoms with E-state index in [1.807, 2.05) is 12.1 Å². The maximum atomic E-state index is 5.66. The first-order valence-electron chi connectivity index (χ1n) is 5.83. The molecule has 1 unspecified atom stereocenters. The molecule has 0 saturated heterocycles. The van der Waals surface area contributed by atoms with Gasteiger partial charge in [-0.1, -0.05) is 17.3 Å². The monoisotopic (exact) mass is 272 g/mol. The lowest BCUT2D eigenvalue weighted by Crippen LogP contribution is -2.27. The molecule has 0 radical (unpaired) electrons. The molecule has 0 aliphatic heterocycles. The van der Waals surface area contributed by atoms with Crippen molar-refractivity contribution in [3.8, 4) is 11.8 Å². The highest BCUT2D eigenvalue weighted by Gasteiger charge is 2.12. The van der Waals surface area contributed by atoms with Gasteiger partial charge in [0.25, 0.3) is 0 Å². The average molecular weight is 272 g/mol. The summed E-state index contributed by atoms with van der Waals surface area (Å²) in [6.07, 6.45) is 1.43. The number of anilines is 1. The van der Waals surface area contributed by atoms with Crippen molar-refractivity contribution in [2.45, 2.75) is 13.0 Å². The molecule has 96 valence electrons. The predicted molar refractivity (Wildman–Crippen MR) is 77.1 cm³/mol. The number of thiazole rings is 1. The molecule has 0 bridgehead atoms. The van der Waals surface area contributed by atoms with E-state index in [-0.39, 0.29) is 6.04 Å². The molecule has 6 heteroatoms. The highest BCUT2D eigenvalue weighted by molar-refractivity contribution is 7.22. The fraction of sp³-hybridized carbons (Fsp3) is 0.231. The van der Waals surface area contributed by atoms with Gasteiger partial charge in [0, 0.05) is 6.54 Å². The molecule has 3 aromatic rings. The molecular formula is C13H12N4OS. The third-order valence-corrected chi connectivity index (χ3v) is 3.66. The number of aromatic nitrogens is 2. The van der Waals surface area contributed by atoms with Crippen molar-refractivity contribution in [2.24, 2.45) is 5.73 Å². The van der Waals surface area contributed by atoms with Crippen LogP contribution in [0.1, 0.15) is 6.92 Å². The summed E-state index contributed by atoms with van der Waals surface area (Å²) in [5.41, 5.74) is 8.03. The van der Waals surface area contributed by atoms with Gasteiger partial charge in [-0.3, -0.25) is 0 Å². The van der Waals surface area contributed by atoms with Crippen LogP contribution in [-0.2, 0) is 0 Å². The Morgan fingerprint density at radius 2 is 2.37 bits per heavy atom. The summed E-state index contributed by atoms with van der Waals surface area (Å²) in [6.45, 7) is 2.23. The Morgan fingerprint density at radius 1 is 1.47 bits per heavy atom. The lowest BCUT2D eigenvalue weighted by atomic mass is 10.3. The largest absolute Gasteiger partial charge is 0.443 e. The predicted octanol–water partition coefficient (Wildman–Crippen LogP) is 2.20. The zero-order chi connectivity index (χ0) is 13.2. The minimum absolute atomic E-state index is 0.0849. The van der Waals surface area contributed by atoms with Gasteiger partial charge in [-0.2, -0.15) is 0 Å². The van der Waals surface area contributed by atoms with E-state index in [4.69, 9.17) is 10.2 Å². The minimum atomic E-state index is -0.0849. The van der Waals surface area contributed by atoms with Crippen LogP contribution in [-0.4, -0.2) is 22.6 Å². The normalized spacial score (nSPS) is 12.3. The van der Waals surface area contributed by atoms with Crippen LogP contribution in [0.5, 0.6) is 0 Å². The SMILES string of the molecule is CC#CC(CN)Nc1nc2c(ccc3ocnc32)s1. The van der Waals surface area contributed by atoms with E-state index < -0.39 is 0 Å². The van der Waals surface area contributed by atoms with Gasteiger partial charge in [-0.25, -0.2) is 9.97 Å². The average Bonchev–Trinajstić information content (AvgIpc) is 3.02. The molecule has 0 aliphatic rings. The Kier molecular flexibility index (Phi) is 3.07. The van der Waals surface area contributed by atoms with Crippen LogP contribution < -0.4 is 11.1 Å². The van der Waals surface area contributed by atoms with E-state index in [0.717, 1.165) is 26.4 Å². The van der Waals surface area contributed by atoms with Gasteiger partial charge in [0.1, 0.15) is 17.1 Å². The molecule has 0 spiro atoms. The maximum absolute atomic E-state index is 5.66. The molecule has 2 heterocycles. The van der Waals surface area contributed by atoms with Gasteiger partial charge in [-0.15, -0.1) is 5.92 Å². The second-order valence-electron chi connectivity index (χ2n) is 3.96. The Hall–Kier alpha value is -2.10. The van der Waals surface area contributed by atoms with E-state index >= 15 is 0 Å². The van der Waals surface area contributed by atoms with E-state index in [2.05, 4.69) is 27.1 Å². The summed E-state index contributed by atoms with van der Waals surface area (Å²) in [7, 11) is 0. The van der Waals surface area contributed by atoms with E-state index in [1.165, 1.54) is 6.39 Å². The number of hydrogen-bond acceptors (Lipinski definition) is 6. The molecule has 0 aliphatic carbocycles. The van der Waals surface area contributed by atoms with Crippen molar-refractivity contribution < 1.29 is 4.42 Å². The van der Waals surface area contributed by atoms with Crippen LogP contribution in [0.25, 0.3) is 21.3 Å². The van der Waals surface area contributed by atoms with Crippen LogP contribution in [0.15, 0.2) is 22.9 Å². The minimum Gasteiger partial charge on any atom is -0.443 e. The highest BCUT2D eigenvalue weighted by atomic mass is 32.1. The Morgan fingerprint density at radius 3 is 3.16 bits per heavy atom. The van der Waals surface area contributed by atoms with Crippen molar-refractivity contribution >= 4 is 37.8 Å². The fourth-order valence-corrected chi connectivity index (χ4v) is 2.78. The van der Waals surface area contributed by atoms with Crippen LogP contribution in [0, 0.1) is 11.8 Å². The van der Waals surface area contributed by atoms with Crippen LogP contribution >= 0.6 is 11.3 Å². The van der Waals surface area contributed by atoms with Gasteiger partial charge in [0.05, 0.1) is 4.70 Å². The lowest BCUT2D eigenvalue weighted by molar-refractivity contribution is 0.602. The molecule has 3 rings (SSSR count). The van der Waals surface area contributed by atoms with Crippen molar-refractivity contribution in [1.29, 1.82) is 0 Å². The zero-order valence-corrected chi connectivity index (χ0v) is 11.1. The number of nitrogens with two attached hydrogens (primary N) is 1. The third kappa shape index (κ3) is 2.14. The molecule has 0 saturated carbocycles. The molecule has 19 heavy (non-hydrogen) atoms. The molecule has 0 amide bonds. The summed E-state index contributed by atoms with van der Waals surface area (Å²) >= 11 is 1.56. The summed E-state index contributed by atoms with van der Waals surface area (Å²) in [6, 6.07) is 3.80. The highest BCUT2D eigenvalue weighted by Crippen LogP contribution is 2.31. The number of hydrogen-bond donors (Lipinski definition) is 2. The Bertz CT molecular complexity index is 780. The smallest absolute Gasteiger partial charge is 0.184 e. The van der Waals surface area contributed by atoms with Crippen molar-refractivity contribution in [1.82, 2.24) is 9.97 Å². The Balaban J connectivity index is 2.02. The number of nitrogens with one attached hydrogen (secondary N) is 1. The van der Waals surface area contributed by atoms with Crippen molar-refractivity contribution in [2.75, 3.05) is 11.9 Å². The summed E-state index contributed by atoms with van der Waals surface area (Å²) in [5, 5.41) is 4.02. The van der Waals surface area contributed by atoms with Gasteiger partial charge >= 0.3 is 0 Å². The number of oxazole rings is 1. The van der Waals surface area contributed by atoms with Gasteiger partial charge < -0.3 is 15.5 Å². The third-order valence-electron chi connectivity index (χ3n) is 2.71. The number of nitrogens with zero attached hydrogens (tertiary/aromatic N) is 2. The molecule has 0 fully saturated rings. The lowest BCUT2D eigenvalue weighted by Gasteiger charge is -2.07. The number of rotatable bonds is 3. The molecule has 1 aromatic carbocycles. The fourth-order valence-electron chi connectivity index (χ4n) is 1.86. The van der Waals surface area contributed by atoms with Gasteiger partial charge in [0.15, 0.2) is 17.1 Å². The topological polar surface area (TPSA) is 77.0 Å². The van der Waals surface area contributed by atoms with Crippen LogP contribution in [0.2, 0.25) is 0 Å². The second-order valence-corrected chi connectivity index (χ2v) is 4.99. The van der Waals surface area contributed by atoms with Crippen LogP contribution in [0.4, 0.5) is 5.13 Å². The van der Waals surface area contributed by atoms with Crippen molar-refractivity contribution in [3.63, 3.8) is 0 Å². The first kappa shape index (κ1) is 12.0. The number of fused-ring (bicyclic) bond motifs is 3. The molecule has 1 atom stereocenters. The standard InChI is InChI=1S/C13H12N4OS/c1-2-3-8(6-14)16-13-17-12-10(19-13)5-4-9-11(12)15-7-18-9/h4-5,7-8H,6,14H2,1H3,(H,16,17). The zero-order valence-electron chi connectivity index (χ0n) is 10.3. The van der Waals surface area contributed by atoms with E-state index in [0.29, 0.717) is 6.54 Å². The maximum Gasteiger partial charge on any atom is 0.184 e. The molecule has 5 nitrogen and oxygen atoms in total.